The van der Waals surface area contributed by atoms with Gasteiger partial charge in [0.1, 0.15) is 5.82 Å². The van der Waals surface area contributed by atoms with Gasteiger partial charge in [-0.2, -0.15) is 0 Å². The van der Waals surface area contributed by atoms with Crippen molar-refractivity contribution in [3.05, 3.63) is 102 Å². The van der Waals surface area contributed by atoms with E-state index in [1.165, 1.54) is 5.56 Å². The maximum absolute atomic E-state index is 5.79. The van der Waals surface area contributed by atoms with Crippen molar-refractivity contribution in [3.8, 4) is 22.5 Å². The van der Waals surface area contributed by atoms with Gasteiger partial charge in [-0.15, -0.1) is 0 Å². The lowest BCUT2D eigenvalue weighted by Crippen LogP contribution is -1.97. The van der Waals surface area contributed by atoms with E-state index in [9.17, 15) is 0 Å². The molecule has 0 amide bonds. The number of hydrogen-bond donors (Lipinski definition) is 1. The molecule has 1 N–H and O–H groups in total. The second-order valence-corrected chi connectivity index (χ2v) is 7.13. The fourth-order valence-electron chi connectivity index (χ4n) is 3.42. The van der Waals surface area contributed by atoms with Crippen LogP contribution in [0, 0.1) is 0 Å². The maximum Gasteiger partial charge on any atom is 0.107 e. The van der Waals surface area contributed by atoms with Crippen LogP contribution in [0.2, 0.25) is 0 Å². The Kier molecular flexibility index (Phi) is 6.51. The van der Waals surface area contributed by atoms with Gasteiger partial charge in [0.15, 0.2) is 0 Å². The Morgan fingerprint density at radius 2 is 1.31 bits per heavy atom. The van der Waals surface area contributed by atoms with Gasteiger partial charge >= 0.3 is 0 Å². The topological polar surface area (TPSA) is 37.9 Å². The predicted molar refractivity (Wildman–Crippen MR) is 118 cm³/mol. The SMILES string of the molecule is c1ccc(COCCCCc2nc(-c3ccccc3)c(-c3ccccc3)[nH]2)cc1. The lowest BCUT2D eigenvalue weighted by Gasteiger charge is -2.03. The Morgan fingerprint density at radius 1 is 0.690 bits per heavy atom. The first kappa shape index (κ1) is 19.2. The molecule has 0 radical (unpaired) electrons. The normalized spacial score (nSPS) is 10.9. The van der Waals surface area contributed by atoms with E-state index in [0.29, 0.717) is 6.61 Å². The number of nitrogens with zero attached hydrogens (tertiary/aromatic N) is 1. The highest BCUT2D eigenvalue weighted by molar-refractivity contribution is 5.78. The smallest absolute Gasteiger partial charge is 0.107 e. The molecule has 0 aliphatic heterocycles. The Bertz CT molecular complexity index is 938. The Hall–Kier alpha value is -3.17. The summed E-state index contributed by atoms with van der Waals surface area (Å²) in [6.07, 6.45) is 2.99. The quantitative estimate of drug-likeness (QED) is 0.346. The Labute approximate surface area is 172 Å². The summed E-state index contributed by atoms with van der Waals surface area (Å²) in [6.45, 7) is 1.45. The molecule has 4 rings (SSSR count). The summed E-state index contributed by atoms with van der Waals surface area (Å²) >= 11 is 0. The minimum atomic E-state index is 0.678. The second-order valence-electron chi connectivity index (χ2n) is 7.13. The molecule has 0 unspecified atom stereocenters. The van der Waals surface area contributed by atoms with Crippen molar-refractivity contribution in [2.24, 2.45) is 0 Å². The first-order valence-electron chi connectivity index (χ1n) is 10.2. The highest BCUT2D eigenvalue weighted by Crippen LogP contribution is 2.30. The van der Waals surface area contributed by atoms with Crippen LogP contribution in [0.25, 0.3) is 22.5 Å². The van der Waals surface area contributed by atoms with Gasteiger partial charge in [-0.05, 0) is 18.4 Å². The van der Waals surface area contributed by atoms with Gasteiger partial charge in [0, 0.05) is 24.2 Å². The van der Waals surface area contributed by atoms with Crippen LogP contribution < -0.4 is 0 Å². The van der Waals surface area contributed by atoms with Gasteiger partial charge < -0.3 is 9.72 Å². The first-order chi connectivity index (χ1) is 14.4. The molecule has 29 heavy (non-hydrogen) atoms. The van der Waals surface area contributed by atoms with E-state index in [4.69, 9.17) is 9.72 Å². The van der Waals surface area contributed by atoms with Gasteiger partial charge in [-0.1, -0.05) is 91.0 Å². The lowest BCUT2D eigenvalue weighted by atomic mass is 10.1. The van der Waals surface area contributed by atoms with Crippen molar-refractivity contribution in [3.63, 3.8) is 0 Å². The molecule has 0 aliphatic carbocycles. The molecule has 0 spiro atoms. The third-order valence-corrected chi connectivity index (χ3v) is 4.93. The van der Waals surface area contributed by atoms with Gasteiger partial charge in [-0.25, -0.2) is 4.98 Å². The van der Waals surface area contributed by atoms with Crippen LogP contribution in [0.5, 0.6) is 0 Å². The lowest BCUT2D eigenvalue weighted by molar-refractivity contribution is 0.117. The summed E-state index contributed by atoms with van der Waals surface area (Å²) in [5.74, 6) is 1.03. The molecule has 0 fully saturated rings. The van der Waals surface area contributed by atoms with Crippen LogP contribution in [-0.2, 0) is 17.8 Å². The standard InChI is InChI=1S/C26H26N2O/c1-4-12-21(13-5-1)20-29-19-11-10-18-24-27-25(22-14-6-2-7-15-22)26(28-24)23-16-8-3-9-17-23/h1-9,12-17H,10-11,18-20H2,(H,27,28). The first-order valence-corrected chi connectivity index (χ1v) is 10.2. The van der Waals surface area contributed by atoms with Crippen molar-refractivity contribution in [1.82, 2.24) is 9.97 Å². The summed E-state index contributed by atoms with van der Waals surface area (Å²) in [7, 11) is 0. The number of aryl methyl sites for hydroxylation is 1. The largest absolute Gasteiger partial charge is 0.377 e. The number of rotatable bonds is 9. The Balaban J connectivity index is 1.37. The molecule has 1 heterocycles. The van der Waals surface area contributed by atoms with Gasteiger partial charge in [-0.3, -0.25) is 0 Å². The molecule has 146 valence electrons. The van der Waals surface area contributed by atoms with E-state index in [1.807, 2.05) is 30.3 Å². The molecule has 3 heteroatoms. The number of H-pyrrole nitrogens is 1. The summed E-state index contributed by atoms with van der Waals surface area (Å²) in [5.41, 5.74) is 5.63. The second kappa shape index (κ2) is 9.85. The van der Waals surface area contributed by atoms with E-state index < -0.39 is 0 Å². The highest BCUT2D eigenvalue weighted by Gasteiger charge is 2.13. The number of unbranched alkanes of at least 4 members (excludes halogenated alkanes) is 1. The molecule has 3 nitrogen and oxygen atoms in total. The van der Waals surface area contributed by atoms with Crippen LogP contribution in [0.3, 0.4) is 0 Å². The number of aromatic nitrogens is 2. The fraction of sp³-hybridized carbons (Fsp3) is 0.192. The number of hydrogen-bond acceptors (Lipinski definition) is 2. The van der Waals surface area contributed by atoms with E-state index in [0.717, 1.165) is 54.2 Å². The zero-order valence-corrected chi connectivity index (χ0v) is 16.6. The van der Waals surface area contributed by atoms with E-state index in [2.05, 4.69) is 65.6 Å². The minimum Gasteiger partial charge on any atom is -0.377 e. The van der Waals surface area contributed by atoms with Crippen LogP contribution in [0.15, 0.2) is 91.0 Å². The average Bonchev–Trinajstić information content (AvgIpc) is 3.22. The molecule has 1 aromatic heterocycles. The van der Waals surface area contributed by atoms with Crippen molar-refractivity contribution in [1.29, 1.82) is 0 Å². The van der Waals surface area contributed by atoms with Crippen LogP contribution in [-0.4, -0.2) is 16.6 Å². The molecular formula is C26H26N2O. The molecule has 0 saturated heterocycles. The molecule has 0 bridgehead atoms. The van der Waals surface area contributed by atoms with Crippen molar-refractivity contribution >= 4 is 0 Å². The van der Waals surface area contributed by atoms with Gasteiger partial charge in [0.25, 0.3) is 0 Å². The third kappa shape index (κ3) is 5.21. The van der Waals surface area contributed by atoms with Crippen LogP contribution in [0.1, 0.15) is 24.2 Å². The summed E-state index contributed by atoms with van der Waals surface area (Å²) in [5, 5.41) is 0. The number of nitrogens with one attached hydrogen (secondary N) is 1. The molecule has 4 aromatic rings. The number of aromatic amines is 1. The van der Waals surface area contributed by atoms with E-state index >= 15 is 0 Å². The average molecular weight is 383 g/mol. The van der Waals surface area contributed by atoms with Crippen molar-refractivity contribution in [2.75, 3.05) is 6.61 Å². The third-order valence-electron chi connectivity index (χ3n) is 4.93. The van der Waals surface area contributed by atoms with Crippen molar-refractivity contribution in [2.45, 2.75) is 25.9 Å². The van der Waals surface area contributed by atoms with Crippen LogP contribution >= 0.6 is 0 Å². The fourth-order valence-corrected chi connectivity index (χ4v) is 3.42. The molecule has 3 aromatic carbocycles. The molecule has 0 atom stereocenters. The zero-order valence-electron chi connectivity index (χ0n) is 16.6. The Morgan fingerprint density at radius 3 is 2.00 bits per heavy atom. The number of benzene rings is 3. The zero-order chi connectivity index (χ0) is 19.7. The summed E-state index contributed by atoms with van der Waals surface area (Å²) in [6, 6.07) is 31.1. The summed E-state index contributed by atoms with van der Waals surface area (Å²) < 4.78 is 5.79. The molecule has 0 saturated carbocycles. The minimum absolute atomic E-state index is 0.678. The molecule has 0 aliphatic rings. The number of imidazole rings is 1. The highest BCUT2D eigenvalue weighted by atomic mass is 16.5. The van der Waals surface area contributed by atoms with Gasteiger partial charge in [0.05, 0.1) is 18.0 Å². The van der Waals surface area contributed by atoms with E-state index in [1.54, 1.807) is 0 Å². The summed E-state index contributed by atoms with van der Waals surface area (Å²) in [4.78, 5) is 8.49. The van der Waals surface area contributed by atoms with Crippen molar-refractivity contribution < 1.29 is 4.74 Å². The number of ether oxygens (including phenoxy) is 1. The molecular weight excluding hydrogens is 356 g/mol. The predicted octanol–water partition coefficient (Wildman–Crippen LogP) is 6.28. The monoisotopic (exact) mass is 382 g/mol. The van der Waals surface area contributed by atoms with Gasteiger partial charge in [0.2, 0.25) is 0 Å². The van der Waals surface area contributed by atoms with Crippen LogP contribution in [0.4, 0.5) is 0 Å². The maximum atomic E-state index is 5.79. The van der Waals surface area contributed by atoms with E-state index in [-0.39, 0.29) is 0 Å².